The highest BCUT2D eigenvalue weighted by Gasteiger charge is 2.58. The number of alkyl halides is 3. The highest BCUT2D eigenvalue weighted by atomic mass is 32.1. The number of benzene rings is 1. The van der Waals surface area contributed by atoms with Crippen molar-refractivity contribution in [3.05, 3.63) is 18.2 Å². The minimum absolute atomic E-state index is 0.140. The van der Waals surface area contributed by atoms with Gasteiger partial charge in [-0.15, -0.1) is 0 Å². The summed E-state index contributed by atoms with van der Waals surface area (Å²) in [5.41, 5.74) is 0.719. The zero-order valence-electron chi connectivity index (χ0n) is 16.1. The summed E-state index contributed by atoms with van der Waals surface area (Å²) in [6.45, 7) is -0.140. The molecule has 0 saturated heterocycles. The Bertz CT molecular complexity index is 886. The monoisotopic (exact) mass is 449 g/mol. The van der Waals surface area contributed by atoms with Gasteiger partial charge >= 0.3 is 12.0 Å². The van der Waals surface area contributed by atoms with Crippen molar-refractivity contribution in [1.82, 2.24) is 10.3 Å². The normalized spacial score (nSPS) is 12.1. The quantitative estimate of drug-likeness (QED) is 0.327. The molecule has 0 aliphatic carbocycles. The van der Waals surface area contributed by atoms with E-state index in [1.54, 1.807) is 19.2 Å². The van der Waals surface area contributed by atoms with Gasteiger partial charge in [0.25, 0.3) is 5.91 Å². The van der Waals surface area contributed by atoms with Gasteiger partial charge in [-0.05, 0) is 25.0 Å². The molecule has 0 radical (unpaired) electrons. The first kappa shape index (κ1) is 23.8. The fraction of sp³-hybridized carbons (Fsp3) is 0.500. The topological polar surface area (TPSA) is 121 Å². The van der Waals surface area contributed by atoms with E-state index in [0.717, 1.165) is 10.2 Å². The van der Waals surface area contributed by atoms with E-state index in [1.165, 1.54) is 11.3 Å². The Labute approximate surface area is 174 Å². The molecule has 2 aromatic rings. The van der Waals surface area contributed by atoms with Gasteiger partial charge in [0, 0.05) is 19.0 Å². The Hall–Kier alpha value is -2.44. The summed E-state index contributed by atoms with van der Waals surface area (Å²) < 4.78 is 42.9. The number of nitrogens with one attached hydrogen (secondary N) is 2. The molecule has 0 saturated carbocycles. The molecule has 12 heteroatoms. The molecule has 8 nitrogen and oxygen atoms in total. The van der Waals surface area contributed by atoms with Crippen molar-refractivity contribution in [2.24, 2.45) is 0 Å². The molecular formula is C18H22F3N3O5S. The zero-order valence-corrected chi connectivity index (χ0v) is 16.9. The molecule has 0 spiro atoms. The van der Waals surface area contributed by atoms with Gasteiger partial charge < -0.3 is 25.6 Å². The van der Waals surface area contributed by atoms with Crippen molar-refractivity contribution in [2.75, 3.05) is 19.0 Å². The molecule has 0 bridgehead atoms. The molecule has 0 fully saturated rings. The number of amides is 2. The lowest BCUT2D eigenvalue weighted by molar-refractivity contribution is -0.328. The van der Waals surface area contributed by atoms with Crippen LogP contribution in [0.4, 0.5) is 18.3 Å². The molecule has 166 valence electrons. The van der Waals surface area contributed by atoms with E-state index in [2.05, 4.69) is 10.3 Å². The summed E-state index contributed by atoms with van der Waals surface area (Å²) in [6.07, 6.45) is -3.19. The van der Waals surface area contributed by atoms with Crippen molar-refractivity contribution >= 4 is 38.5 Å². The number of hydrogen-bond acceptors (Lipinski definition) is 7. The van der Waals surface area contributed by atoms with Crippen LogP contribution in [0.1, 0.15) is 32.1 Å². The predicted octanol–water partition coefficient (Wildman–Crippen LogP) is 2.55. The van der Waals surface area contributed by atoms with Crippen LogP contribution in [0.15, 0.2) is 18.2 Å². The minimum atomic E-state index is -5.47. The van der Waals surface area contributed by atoms with Gasteiger partial charge in [-0.2, -0.15) is 13.2 Å². The Balaban J connectivity index is 1.63. The van der Waals surface area contributed by atoms with Gasteiger partial charge in [-0.25, -0.2) is 4.98 Å². The van der Waals surface area contributed by atoms with Crippen LogP contribution in [0.5, 0.6) is 5.75 Å². The number of nitrogens with zero attached hydrogens (tertiary/aromatic N) is 1. The first-order chi connectivity index (χ1) is 14.0. The highest BCUT2D eigenvalue weighted by molar-refractivity contribution is 7.22. The van der Waals surface area contributed by atoms with Crippen LogP contribution in [0, 0.1) is 0 Å². The summed E-state index contributed by atoms with van der Waals surface area (Å²) in [5, 5.41) is 22.6. The smallest absolute Gasteiger partial charge is 0.453 e. The summed E-state index contributed by atoms with van der Waals surface area (Å²) in [5.74, 6) is -5.85. The van der Waals surface area contributed by atoms with E-state index in [4.69, 9.17) is 14.9 Å². The number of aromatic nitrogens is 1. The number of halogens is 3. The first-order valence-electron chi connectivity index (χ1n) is 9.09. The van der Waals surface area contributed by atoms with Crippen LogP contribution in [-0.4, -0.2) is 52.6 Å². The Kier molecular flexibility index (Phi) is 7.98. The minimum Gasteiger partial charge on any atom is -0.497 e. The number of rotatable bonds is 10. The zero-order chi connectivity index (χ0) is 22.4. The number of hydrogen-bond donors (Lipinski definition) is 4. The maximum atomic E-state index is 12.3. The molecule has 0 unspecified atom stereocenters. The average molecular weight is 449 g/mol. The average Bonchev–Trinajstić information content (AvgIpc) is 3.07. The largest absolute Gasteiger partial charge is 0.497 e. The number of anilines is 1. The van der Waals surface area contributed by atoms with Crippen molar-refractivity contribution in [3.8, 4) is 5.75 Å². The summed E-state index contributed by atoms with van der Waals surface area (Å²) >= 11 is 1.34. The van der Waals surface area contributed by atoms with E-state index < -0.39 is 17.9 Å². The number of thiazole rings is 1. The predicted molar refractivity (Wildman–Crippen MR) is 104 cm³/mol. The van der Waals surface area contributed by atoms with E-state index in [1.807, 2.05) is 11.4 Å². The molecule has 0 aliphatic rings. The first-order valence-corrected chi connectivity index (χ1v) is 9.90. The standard InChI is InChI=1S/C18H22F3N3O5S/c1-29-11-7-8-13-12(10-11)23-16(30-13)24-14(25)6-4-2-3-5-9-22-15(26)17(27,28)18(19,20)21/h7-8,10,27-28H,2-6,9H2,1H3,(H,22,26)(H,23,24,25). The van der Waals surface area contributed by atoms with E-state index in [-0.39, 0.29) is 18.9 Å². The SMILES string of the molecule is COc1ccc2sc(NC(=O)CCCCCCNC(=O)C(O)(O)C(F)(F)F)nc2c1. The summed E-state index contributed by atoms with van der Waals surface area (Å²) in [4.78, 5) is 27.5. The van der Waals surface area contributed by atoms with Gasteiger partial charge in [0.1, 0.15) is 5.75 Å². The fourth-order valence-electron chi connectivity index (χ4n) is 2.49. The van der Waals surface area contributed by atoms with E-state index in [9.17, 15) is 22.8 Å². The number of unbranched alkanes of at least 4 members (excludes halogenated alkanes) is 3. The molecule has 2 amide bonds. The van der Waals surface area contributed by atoms with Gasteiger partial charge in [0.2, 0.25) is 5.91 Å². The second-order valence-electron chi connectivity index (χ2n) is 6.49. The van der Waals surface area contributed by atoms with Gasteiger partial charge in [-0.1, -0.05) is 24.2 Å². The second-order valence-corrected chi connectivity index (χ2v) is 7.52. The van der Waals surface area contributed by atoms with Crippen LogP contribution < -0.4 is 15.4 Å². The molecular weight excluding hydrogens is 427 g/mol. The molecule has 0 aliphatic heterocycles. The second kappa shape index (κ2) is 10.0. The maximum absolute atomic E-state index is 12.3. The molecule has 1 heterocycles. The number of methoxy groups -OCH3 is 1. The van der Waals surface area contributed by atoms with Crippen LogP contribution in [0.3, 0.4) is 0 Å². The number of carbonyl (C=O) groups excluding carboxylic acids is 2. The molecule has 0 atom stereocenters. The summed E-state index contributed by atoms with van der Waals surface area (Å²) in [6, 6.07) is 5.43. The fourth-order valence-corrected chi connectivity index (χ4v) is 3.35. The lowest BCUT2D eigenvalue weighted by atomic mass is 10.1. The summed E-state index contributed by atoms with van der Waals surface area (Å²) in [7, 11) is 1.55. The Morgan fingerprint density at radius 2 is 1.87 bits per heavy atom. The molecule has 1 aromatic carbocycles. The van der Waals surface area contributed by atoms with Crippen molar-refractivity contribution in [2.45, 2.75) is 44.1 Å². The number of fused-ring (bicyclic) bond motifs is 1. The maximum Gasteiger partial charge on any atom is 0.453 e. The van der Waals surface area contributed by atoms with Crippen LogP contribution in [0.25, 0.3) is 10.2 Å². The lowest BCUT2D eigenvalue weighted by Gasteiger charge is -2.22. The van der Waals surface area contributed by atoms with Crippen molar-refractivity contribution < 1.29 is 37.7 Å². The number of carbonyl (C=O) groups is 2. The van der Waals surface area contributed by atoms with Crippen LogP contribution in [0.2, 0.25) is 0 Å². The highest BCUT2D eigenvalue weighted by Crippen LogP contribution is 2.29. The number of ether oxygens (including phenoxy) is 1. The van der Waals surface area contributed by atoms with Gasteiger partial charge in [0.15, 0.2) is 5.13 Å². The van der Waals surface area contributed by atoms with Crippen LogP contribution in [-0.2, 0) is 9.59 Å². The van der Waals surface area contributed by atoms with E-state index in [0.29, 0.717) is 36.6 Å². The van der Waals surface area contributed by atoms with Gasteiger partial charge in [0.05, 0.1) is 17.3 Å². The lowest BCUT2D eigenvalue weighted by Crippen LogP contribution is -2.57. The van der Waals surface area contributed by atoms with Crippen LogP contribution >= 0.6 is 11.3 Å². The van der Waals surface area contributed by atoms with E-state index >= 15 is 0 Å². The number of aliphatic hydroxyl groups is 2. The van der Waals surface area contributed by atoms with Crippen molar-refractivity contribution in [3.63, 3.8) is 0 Å². The Morgan fingerprint density at radius 3 is 2.53 bits per heavy atom. The molecule has 4 N–H and O–H groups in total. The third-order valence-electron chi connectivity index (χ3n) is 4.17. The molecule has 1 aromatic heterocycles. The van der Waals surface area contributed by atoms with Gasteiger partial charge in [-0.3, -0.25) is 9.59 Å². The molecule has 2 rings (SSSR count). The Morgan fingerprint density at radius 1 is 1.17 bits per heavy atom. The van der Waals surface area contributed by atoms with Crippen molar-refractivity contribution in [1.29, 1.82) is 0 Å². The third kappa shape index (κ3) is 6.28. The molecule has 30 heavy (non-hydrogen) atoms. The third-order valence-corrected chi connectivity index (χ3v) is 5.12.